The predicted molar refractivity (Wildman–Crippen MR) is 58.2 cm³/mol. The predicted octanol–water partition coefficient (Wildman–Crippen LogP) is 2.24. The van der Waals surface area contributed by atoms with Crippen molar-refractivity contribution in [2.75, 3.05) is 6.54 Å². The zero-order valence-electron chi connectivity index (χ0n) is 9.62. The minimum absolute atomic E-state index is 0.0385. The quantitative estimate of drug-likeness (QED) is 0.478. The third-order valence-corrected chi connectivity index (χ3v) is 2.43. The molecule has 1 unspecified atom stereocenters. The molecule has 0 radical (unpaired) electrons. The van der Waals surface area contributed by atoms with E-state index in [1.165, 1.54) is 6.08 Å². The van der Waals surface area contributed by atoms with Gasteiger partial charge in [0.15, 0.2) is 0 Å². The summed E-state index contributed by atoms with van der Waals surface area (Å²) in [6.07, 6.45) is 5.67. The topological polar surface area (TPSA) is 58.9 Å². The molecule has 15 heavy (non-hydrogen) atoms. The Balaban J connectivity index is 4.10. The number of isocyanates is 2. The monoisotopic (exact) mass is 210 g/mol. The van der Waals surface area contributed by atoms with Crippen molar-refractivity contribution in [2.24, 2.45) is 15.4 Å². The molecule has 1 atom stereocenters. The van der Waals surface area contributed by atoms with Gasteiger partial charge in [-0.2, -0.15) is 0 Å². The molecule has 0 rings (SSSR count). The number of hydrogen-bond donors (Lipinski definition) is 0. The second-order valence-electron chi connectivity index (χ2n) is 4.39. The minimum atomic E-state index is -0.0385. The zero-order chi connectivity index (χ0) is 11.7. The highest BCUT2D eigenvalue weighted by atomic mass is 16.1. The van der Waals surface area contributed by atoms with Gasteiger partial charge in [-0.15, -0.1) is 0 Å². The van der Waals surface area contributed by atoms with Crippen molar-refractivity contribution in [2.45, 2.75) is 46.1 Å². The largest absolute Gasteiger partial charge is 0.235 e. The molecule has 0 aliphatic heterocycles. The maximum Gasteiger partial charge on any atom is 0.235 e. The van der Waals surface area contributed by atoms with Crippen molar-refractivity contribution in [3.8, 4) is 0 Å². The van der Waals surface area contributed by atoms with E-state index in [2.05, 4.69) is 9.98 Å². The first kappa shape index (κ1) is 13.8. The number of carbonyl (C=O) groups excluding carboxylic acids is 2. The lowest BCUT2D eigenvalue weighted by Crippen LogP contribution is -2.18. The van der Waals surface area contributed by atoms with Gasteiger partial charge in [-0.25, -0.2) is 19.6 Å². The fraction of sp³-hybridized carbons (Fsp3) is 0.818. The Morgan fingerprint density at radius 2 is 1.93 bits per heavy atom. The van der Waals surface area contributed by atoms with E-state index in [4.69, 9.17) is 0 Å². The average Bonchev–Trinajstić information content (AvgIpc) is 2.21. The number of aliphatic imine (C=N–C) groups is 2. The van der Waals surface area contributed by atoms with E-state index in [1.54, 1.807) is 6.08 Å². The SMILES string of the molecule is CCC(CCC(C)(C)CN=C=O)N=C=O. The van der Waals surface area contributed by atoms with Crippen molar-refractivity contribution >= 4 is 12.2 Å². The summed E-state index contributed by atoms with van der Waals surface area (Å²) in [6.45, 7) is 6.52. The van der Waals surface area contributed by atoms with Crippen LogP contribution in [0.2, 0.25) is 0 Å². The Morgan fingerprint density at radius 1 is 1.27 bits per heavy atom. The van der Waals surface area contributed by atoms with Crippen molar-refractivity contribution < 1.29 is 9.59 Å². The standard InChI is InChI=1S/C11H18N2O2/c1-4-10(13-9-15)5-6-11(2,3)7-12-8-14/h10H,4-7H2,1-3H3. The summed E-state index contributed by atoms with van der Waals surface area (Å²) in [5.41, 5.74) is -0.0385. The Morgan fingerprint density at radius 3 is 2.40 bits per heavy atom. The van der Waals surface area contributed by atoms with Crippen molar-refractivity contribution in [1.82, 2.24) is 0 Å². The van der Waals surface area contributed by atoms with Gasteiger partial charge in [-0.1, -0.05) is 20.8 Å². The molecule has 0 fully saturated rings. The van der Waals surface area contributed by atoms with Crippen LogP contribution in [0.3, 0.4) is 0 Å². The van der Waals surface area contributed by atoms with Crippen LogP contribution in [-0.2, 0) is 9.59 Å². The molecule has 0 aliphatic rings. The van der Waals surface area contributed by atoms with Crippen LogP contribution < -0.4 is 0 Å². The molecule has 0 aromatic carbocycles. The smallest absolute Gasteiger partial charge is 0.211 e. The highest BCUT2D eigenvalue weighted by molar-refractivity contribution is 5.33. The molecule has 0 bridgehead atoms. The van der Waals surface area contributed by atoms with Gasteiger partial charge in [-0.05, 0) is 24.7 Å². The summed E-state index contributed by atoms with van der Waals surface area (Å²) in [4.78, 5) is 27.4. The van der Waals surface area contributed by atoms with Crippen LogP contribution in [0.15, 0.2) is 9.98 Å². The van der Waals surface area contributed by atoms with E-state index in [0.717, 1.165) is 19.3 Å². The van der Waals surface area contributed by atoms with Crippen LogP contribution in [0.25, 0.3) is 0 Å². The van der Waals surface area contributed by atoms with Crippen molar-refractivity contribution in [1.29, 1.82) is 0 Å². The molecule has 0 amide bonds. The molecule has 84 valence electrons. The summed E-state index contributed by atoms with van der Waals surface area (Å²) in [6, 6.07) is 0.0435. The Hall–Kier alpha value is -1.24. The van der Waals surface area contributed by atoms with Gasteiger partial charge in [0.1, 0.15) is 0 Å². The molecule has 0 saturated heterocycles. The number of nitrogens with zero attached hydrogens (tertiary/aromatic N) is 2. The molecule has 0 heterocycles. The summed E-state index contributed by atoms with van der Waals surface area (Å²) in [7, 11) is 0. The molecule has 0 aliphatic carbocycles. The molecular weight excluding hydrogens is 192 g/mol. The van der Waals surface area contributed by atoms with Gasteiger partial charge in [0, 0.05) is 0 Å². The Bertz CT molecular complexity index is 274. The van der Waals surface area contributed by atoms with Gasteiger partial charge in [0.25, 0.3) is 0 Å². The molecule has 0 saturated carbocycles. The number of hydrogen-bond acceptors (Lipinski definition) is 4. The third-order valence-electron chi connectivity index (χ3n) is 2.43. The van der Waals surface area contributed by atoms with Crippen molar-refractivity contribution in [3.05, 3.63) is 0 Å². The van der Waals surface area contributed by atoms with Crippen LogP contribution in [0.4, 0.5) is 0 Å². The Kier molecular flexibility index (Phi) is 6.52. The normalized spacial score (nSPS) is 12.5. The summed E-state index contributed by atoms with van der Waals surface area (Å²) < 4.78 is 0. The highest BCUT2D eigenvalue weighted by Crippen LogP contribution is 2.24. The van der Waals surface area contributed by atoms with Crippen LogP contribution in [0.1, 0.15) is 40.0 Å². The fourth-order valence-corrected chi connectivity index (χ4v) is 1.32. The van der Waals surface area contributed by atoms with Gasteiger partial charge in [0.05, 0.1) is 12.6 Å². The molecule has 0 N–H and O–H groups in total. The van der Waals surface area contributed by atoms with Crippen LogP contribution in [0, 0.1) is 5.41 Å². The Labute approximate surface area is 90.5 Å². The first-order valence-corrected chi connectivity index (χ1v) is 5.16. The second-order valence-corrected chi connectivity index (χ2v) is 4.39. The number of rotatable bonds is 7. The summed E-state index contributed by atoms with van der Waals surface area (Å²) in [5.74, 6) is 0. The van der Waals surface area contributed by atoms with Gasteiger partial charge in [0.2, 0.25) is 12.2 Å². The maximum absolute atomic E-state index is 10.1. The summed E-state index contributed by atoms with van der Waals surface area (Å²) in [5, 5.41) is 0. The van der Waals surface area contributed by atoms with Gasteiger partial charge < -0.3 is 0 Å². The molecule has 0 aromatic rings. The van der Waals surface area contributed by atoms with E-state index in [1.807, 2.05) is 20.8 Å². The zero-order valence-corrected chi connectivity index (χ0v) is 9.62. The molecule has 4 heteroatoms. The molecular formula is C11H18N2O2. The lowest BCUT2D eigenvalue weighted by Gasteiger charge is -2.22. The van der Waals surface area contributed by atoms with Gasteiger partial charge in [-0.3, -0.25) is 0 Å². The summed E-state index contributed by atoms with van der Waals surface area (Å²) >= 11 is 0. The highest BCUT2D eigenvalue weighted by Gasteiger charge is 2.19. The van der Waals surface area contributed by atoms with Crippen LogP contribution in [-0.4, -0.2) is 24.7 Å². The lowest BCUT2D eigenvalue weighted by molar-refractivity contribution is 0.322. The van der Waals surface area contributed by atoms with E-state index in [9.17, 15) is 9.59 Å². The van der Waals surface area contributed by atoms with E-state index < -0.39 is 0 Å². The molecule has 4 nitrogen and oxygen atoms in total. The molecule has 0 aromatic heterocycles. The maximum atomic E-state index is 10.1. The first-order chi connectivity index (χ1) is 7.05. The minimum Gasteiger partial charge on any atom is -0.211 e. The third kappa shape index (κ3) is 6.78. The lowest BCUT2D eigenvalue weighted by atomic mass is 9.86. The van der Waals surface area contributed by atoms with Crippen LogP contribution in [0.5, 0.6) is 0 Å². The second kappa shape index (κ2) is 7.10. The average molecular weight is 210 g/mol. The van der Waals surface area contributed by atoms with Crippen LogP contribution >= 0.6 is 0 Å². The first-order valence-electron chi connectivity index (χ1n) is 5.16. The van der Waals surface area contributed by atoms with Gasteiger partial charge >= 0.3 is 0 Å². The van der Waals surface area contributed by atoms with E-state index >= 15 is 0 Å². The molecule has 0 spiro atoms. The fourth-order valence-electron chi connectivity index (χ4n) is 1.32. The van der Waals surface area contributed by atoms with E-state index in [-0.39, 0.29) is 11.5 Å². The van der Waals surface area contributed by atoms with Crippen molar-refractivity contribution in [3.63, 3.8) is 0 Å². The van der Waals surface area contributed by atoms with E-state index in [0.29, 0.717) is 6.54 Å².